The van der Waals surface area contributed by atoms with Gasteiger partial charge in [-0.15, -0.1) is 0 Å². The summed E-state index contributed by atoms with van der Waals surface area (Å²) in [5.41, 5.74) is 4.56. The first kappa shape index (κ1) is 22.1. The molecule has 0 bridgehead atoms. The molecule has 7 heteroatoms. The van der Waals surface area contributed by atoms with Crippen molar-refractivity contribution in [3.63, 3.8) is 0 Å². The fourth-order valence-electron chi connectivity index (χ4n) is 4.85. The number of hydrogen-bond donors (Lipinski definition) is 0. The molecule has 4 heterocycles. The van der Waals surface area contributed by atoms with E-state index in [2.05, 4.69) is 4.98 Å². The minimum absolute atomic E-state index is 0.0165. The third-order valence-electron chi connectivity index (χ3n) is 6.59. The third-order valence-corrected chi connectivity index (χ3v) is 6.59. The number of aromatic nitrogens is 3. The van der Waals surface area contributed by atoms with Crippen molar-refractivity contribution in [2.75, 3.05) is 19.8 Å². The minimum Gasteiger partial charge on any atom is -0.486 e. The van der Waals surface area contributed by atoms with E-state index in [9.17, 15) is 4.79 Å². The summed E-state index contributed by atoms with van der Waals surface area (Å²) in [7, 11) is 0. The van der Waals surface area contributed by atoms with Crippen molar-refractivity contribution in [3.8, 4) is 28.4 Å². The van der Waals surface area contributed by atoms with Crippen molar-refractivity contribution in [2.24, 2.45) is 0 Å². The molecule has 1 fully saturated rings. The van der Waals surface area contributed by atoms with Crippen molar-refractivity contribution >= 4 is 12.0 Å². The van der Waals surface area contributed by atoms with Gasteiger partial charge in [-0.3, -0.25) is 9.78 Å². The highest BCUT2D eigenvalue weighted by atomic mass is 16.6. The second-order valence-corrected chi connectivity index (χ2v) is 8.88. The Kier molecular flexibility index (Phi) is 5.95. The molecule has 1 atom stereocenters. The van der Waals surface area contributed by atoms with Gasteiger partial charge in [-0.25, -0.2) is 4.68 Å². The smallest absolute Gasteiger partial charge is 0.247 e. The van der Waals surface area contributed by atoms with Gasteiger partial charge >= 0.3 is 0 Å². The number of para-hydroxylation sites is 1. The van der Waals surface area contributed by atoms with Gasteiger partial charge in [0, 0.05) is 42.3 Å². The molecule has 1 saturated heterocycles. The molecule has 0 aliphatic carbocycles. The van der Waals surface area contributed by atoms with E-state index in [4.69, 9.17) is 14.6 Å². The predicted molar refractivity (Wildman–Crippen MR) is 137 cm³/mol. The van der Waals surface area contributed by atoms with Crippen LogP contribution in [0, 0.1) is 0 Å². The number of nitrogens with zero attached hydrogens (tertiary/aromatic N) is 4. The molecule has 2 aromatic heterocycles. The Labute approximate surface area is 209 Å². The summed E-state index contributed by atoms with van der Waals surface area (Å²) in [6.07, 6.45) is 10.9. The largest absolute Gasteiger partial charge is 0.486 e. The third kappa shape index (κ3) is 4.35. The molecule has 1 unspecified atom stereocenters. The molecule has 1 amide bonds. The lowest BCUT2D eigenvalue weighted by molar-refractivity contribution is -0.126. The van der Waals surface area contributed by atoms with Crippen molar-refractivity contribution in [1.29, 1.82) is 0 Å². The average Bonchev–Trinajstić information content (AvgIpc) is 3.60. The monoisotopic (exact) mass is 478 g/mol. The van der Waals surface area contributed by atoms with Gasteiger partial charge in [0.15, 0.2) is 11.5 Å². The molecule has 0 radical (unpaired) electrons. The molecule has 2 aromatic carbocycles. The topological polar surface area (TPSA) is 69.5 Å². The Morgan fingerprint density at radius 1 is 1.00 bits per heavy atom. The van der Waals surface area contributed by atoms with Gasteiger partial charge in [0.25, 0.3) is 0 Å². The van der Waals surface area contributed by atoms with Crippen molar-refractivity contribution in [2.45, 2.75) is 18.9 Å². The highest BCUT2D eigenvalue weighted by Gasteiger charge is 2.30. The summed E-state index contributed by atoms with van der Waals surface area (Å²) in [5.74, 6) is 1.50. The van der Waals surface area contributed by atoms with E-state index >= 15 is 0 Å². The van der Waals surface area contributed by atoms with Crippen LogP contribution >= 0.6 is 0 Å². The lowest BCUT2D eigenvalue weighted by Gasteiger charge is -2.26. The fourth-order valence-corrected chi connectivity index (χ4v) is 4.85. The van der Waals surface area contributed by atoms with Crippen molar-refractivity contribution < 1.29 is 14.3 Å². The molecule has 7 nitrogen and oxygen atoms in total. The quantitative estimate of drug-likeness (QED) is 0.374. The average molecular weight is 479 g/mol. The molecule has 4 aromatic rings. The van der Waals surface area contributed by atoms with Gasteiger partial charge < -0.3 is 14.4 Å². The Morgan fingerprint density at radius 3 is 2.69 bits per heavy atom. The number of fused-ring (bicyclic) bond motifs is 1. The first-order valence-corrected chi connectivity index (χ1v) is 12.2. The Hall–Kier alpha value is -4.39. The number of likely N-dealkylation sites (tertiary alicyclic amines) is 1. The number of carbonyl (C=O) groups excluding carboxylic acids is 1. The number of pyridine rings is 1. The molecular weight excluding hydrogens is 452 g/mol. The number of hydrogen-bond acceptors (Lipinski definition) is 5. The van der Waals surface area contributed by atoms with E-state index in [-0.39, 0.29) is 11.9 Å². The van der Waals surface area contributed by atoms with Crippen LogP contribution in [0.2, 0.25) is 0 Å². The van der Waals surface area contributed by atoms with Crippen LogP contribution in [0.4, 0.5) is 0 Å². The van der Waals surface area contributed by atoms with Crippen LogP contribution in [-0.2, 0) is 4.79 Å². The maximum absolute atomic E-state index is 13.4. The zero-order chi connectivity index (χ0) is 24.3. The van der Waals surface area contributed by atoms with E-state index in [1.54, 1.807) is 18.5 Å². The number of amides is 1. The van der Waals surface area contributed by atoms with E-state index in [0.29, 0.717) is 13.2 Å². The summed E-state index contributed by atoms with van der Waals surface area (Å²) < 4.78 is 13.3. The summed E-state index contributed by atoms with van der Waals surface area (Å²) >= 11 is 0. The van der Waals surface area contributed by atoms with Crippen LogP contribution < -0.4 is 9.47 Å². The van der Waals surface area contributed by atoms with E-state index in [1.807, 2.05) is 82.5 Å². The van der Waals surface area contributed by atoms with Gasteiger partial charge in [-0.1, -0.05) is 24.3 Å². The summed E-state index contributed by atoms with van der Waals surface area (Å²) in [4.78, 5) is 19.5. The van der Waals surface area contributed by atoms with E-state index in [1.165, 1.54) is 0 Å². The number of carbonyl (C=O) groups is 1. The SMILES string of the molecule is O=C(/C=C/c1cn(-c2ccccc2)nc1-c1cccnc1)N1CCCC1c1ccc2c(c1)OCCO2. The van der Waals surface area contributed by atoms with E-state index < -0.39 is 0 Å². The Bertz CT molecular complexity index is 1400. The van der Waals surface area contributed by atoms with Crippen LogP contribution in [-0.4, -0.2) is 45.3 Å². The summed E-state index contributed by atoms with van der Waals surface area (Å²) in [6, 6.07) is 19.8. The zero-order valence-electron chi connectivity index (χ0n) is 19.8. The Balaban J connectivity index is 1.28. The first-order chi connectivity index (χ1) is 17.8. The molecule has 0 N–H and O–H groups in total. The van der Waals surface area contributed by atoms with Gasteiger partial charge in [-0.2, -0.15) is 5.10 Å². The van der Waals surface area contributed by atoms with Crippen molar-refractivity contribution in [3.05, 3.63) is 96.5 Å². The molecule has 0 spiro atoms. The fraction of sp³-hybridized carbons (Fsp3) is 0.207. The van der Waals surface area contributed by atoms with Gasteiger partial charge in [-0.05, 0) is 60.9 Å². The van der Waals surface area contributed by atoms with Crippen LogP contribution in [0.1, 0.15) is 30.0 Å². The van der Waals surface area contributed by atoms with Crippen LogP contribution in [0.5, 0.6) is 11.5 Å². The molecule has 2 aliphatic heterocycles. The number of ether oxygens (including phenoxy) is 2. The maximum Gasteiger partial charge on any atom is 0.247 e. The molecule has 36 heavy (non-hydrogen) atoms. The second kappa shape index (κ2) is 9.70. The Morgan fingerprint density at radius 2 is 1.86 bits per heavy atom. The second-order valence-electron chi connectivity index (χ2n) is 8.88. The molecule has 2 aliphatic rings. The van der Waals surface area contributed by atoms with Crippen molar-refractivity contribution in [1.82, 2.24) is 19.7 Å². The minimum atomic E-state index is -0.0167. The normalized spacial score (nSPS) is 17.0. The predicted octanol–water partition coefficient (Wildman–Crippen LogP) is 5.08. The highest BCUT2D eigenvalue weighted by Crippen LogP contribution is 2.38. The van der Waals surface area contributed by atoms with Crippen LogP contribution in [0.3, 0.4) is 0 Å². The number of rotatable bonds is 5. The van der Waals surface area contributed by atoms with Gasteiger partial charge in [0.1, 0.15) is 18.9 Å². The molecule has 180 valence electrons. The summed E-state index contributed by atoms with van der Waals surface area (Å²) in [5, 5.41) is 4.80. The van der Waals surface area contributed by atoms with Gasteiger partial charge in [0.05, 0.1) is 11.7 Å². The van der Waals surface area contributed by atoms with Crippen LogP contribution in [0.15, 0.2) is 85.3 Å². The standard InChI is InChI=1S/C29H26N4O3/c34-28(32-15-5-9-25(32)21-10-12-26-27(18-21)36-17-16-35-26)13-11-23-20-33(24-7-2-1-3-8-24)31-29(23)22-6-4-14-30-19-22/h1-4,6-8,10-14,18-20,25H,5,9,15-17H2/b13-11+. The van der Waals surface area contributed by atoms with E-state index in [0.717, 1.165) is 59.0 Å². The molecular formula is C29H26N4O3. The van der Waals surface area contributed by atoms with Gasteiger partial charge in [0.2, 0.25) is 5.91 Å². The zero-order valence-corrected chi connectivity index (χ0v) is 19.8. The maximum atomic E-state index is 13.4. The molecule has 0 saturated carbocycles. The first-order valence-electron chi connectivity index (χ1n) is 12.2. The summed E-state index contributed by atoms with van der Waals surface area (Å²) in [6.45, 7) is 1.83. The lowest BCUT2D eigenvalue weighted by atomic mass is 10.0. The molecule has 6 rings (SSSR count). The lowest BCUT2D eigenvalue weighted by Crippen LogP contribution is -2.29. The highest BCUT2D eigenvalue weighted by molar-refractivity contribution is 5.93. The van der Waals surface area contributed by atoms with Crippen LogP contribution in [0.25, 0.3) is 23.0 Å². The number of benzene rings is 2.